The summed E-state index contributed by atoms with van der Waals surface area (Å²) in [6.07, 6.45) is 4.19. The van der Waals surface area contributed by atoms with Crippen molar-refractivity contribution in [2.75, 3.05) is 11.9 Å². The molecular formula is C8H14N4. The second-order valence-electron chi connectivity index (χ2n) is 2.64. The van der Waals surface area contributed by atoms with Crippen LogP contribution in [0.2, 0.25) is 0 Å². The Hall–Kier alpha value is -1.16. The van der Waals surface area contributed by atoms with E-state index in [1.165, 1.54) is 6.33 Å². The van der Waals surface area contributed by atoms with Gasteiger partial charge in [-0.05, 0) is 12.5 Å². The van der Waals surface area contributed by atoms with Crippen molar-refractivity contribution in [2.24, 2.45) is 5.73 Å². The fraction of sp³-hybridized carbons (Fsp3) is 0.500. The number of hydrogen-bond acceptors (Lipinski definition) is 4. The van der Waals surface area contributed by atoms with Crippen molar-refractivity contribution in [3.63, 3.8) is 0 Å². The lowest BCUT2D eigenvalue weighted by atomic mass is 10.2. The highest BCUT2D eigenvalue weighted by molar-refractivity contribution is 5.31. The van der Waals surface area contributed by atoms with Gasteiger partial charge in [-0.1, -0.05) is 6.92 Å². The quantitative estimate of drug-likeness (QED) is 0.688. The van der Waals surface area contributed by atoms with Gasteiger partial charge in [0, 0.05) is 18.8 Å². The maximum atomic E-state index is 5.71. The van der Waals surface area contributed by atoms with Gasteiger partial charge < -0.3 is 11.1 Å². The third kappa shape index (κ3) is 2.84. The van der Waals surface area contributed by atoms with Crippen molar-refractivity contribution in [1.29, 1.82) is 0 Å². The standard InChI is InChI=1S/C8H14N4/c1-2-7(9)5-11-8-3-4-10-6-12-8/h3-4,6-7H,2,5,9H2,1H3,(H,10,11,12). The van der Waals surface area contributed by atoms with E-state index in [1.807, 2.05) is 6.07 Å². The molecule has 0 amide bonds. The van der Waals surface area contributed by atoms with E-state index in [1.54, 1.807) is 6.20 Å². The Labute approximate surface area is 72.2 Å². The summed E-state index contributed by atoms with van der Waals surface area (Å²) in [6, 6.07) is 2.02. The number of anilines is 1. The zero-order valence-corrected chi connectivity index (χ0v) is 7.20. The maximum Gasteiger partial charge on any atom is 0.129 e. The van der Waals surface area contributed by atoms with E-state index < -0.39 is 0 Å². The fourth-order valence-electron chi connectivity index (χ4n) is 0.775. The summed E-state index contributed by atoms with van der Waals surface area (Å²) in [5.41, 5.74) is 5.71. The summed E-state index contributed by atoms with van der Waals surface area (Å²) < 4.78 is 0. The van der Waals surface area contributed by atoms with E-state index in [4.69, 9.17) is 5.73 Å². The molecule has 0 bridgehead atoms. The number of nitrogens with one attached hydrogen (secondary N) is 1. The van der Waals surface area contributed by atoms with E-state index in [9.17, 15) is 0 Å². The van der Waals surface area contributed by atoms with E-state index in [0.29, 0.717) is 0 Å². The van der Waals surface area contributed by atoms with Gasteiger partial charge in [-0.2, -0.15) is 0 Å². The Morgan fingerprint density at radius 1 is 1.67 bits per heavy atom. The van der Waals surface area contributed by atoms with Crippen LogP contribution in [0.4, 0.5) is 5.82 Å². The molecule has 4 nitrogen and oxygen atoms in total. The molecule has 1 aromatic rings. The minimum absolute atomic E-state index is 0.194. The van der Waals surface area contributed by atoms with Crippen LogP contribution in [0, 0.1) is 0 Å². The monoisotopic (exact) mass is 166 g/mol. The van der Waals surface area contributed by atoms with E-state index in [-0.39, 0.29) is 6.04 Å². The lowest BCUT2D eigenvalue weighted by molar-refractivity contribution is 0.677. The second kappa shape index (κ2) is 4.66. The average molecular weight is 166 g/mol. The summed E-state index contributed by atoms with van der Waals surface area (Å²) >= 11 is 0. The topological polar surface area (TPSA) is 63.8 Å². The number of rotatable bonds is 4. The summed E-state index contributed by atoms with van der Waals surface area (Å²) in [7, 11) is 0. The summed E-state index contributed by atoms with van der Waals surface area (Å²) in [6.45, 7) is 2.82. The smallest absolute Gasteiger partial charge is 0.129 e. The maximum absolute atomic E-state index is 5.71. The molecule has 0 saturated carbocycles. The SMILES string of the molecule is CCC(N)CNc1ccncn1. The molecule has 1 heterocycles. The van der Waals surface area contributed by atoms with Gasteiger partial charge in [0.05, 0.1) is 0 Å². The molecule has 0 fully saturated rings. The summed E-state index contributed by atoms with van der Waals surface area (Å²) in [5.74, 6) is 0.828. The molecule has 12 heavy (non-hydrogen) atoms. The highest BCUT2D eigenvalue weighted by Gasteiger charge is 1.97. The van der Waals surface area contributed by atoms with E-state index >= 15 is 0 Å². The molecule has 0 aliphatic heterocycles. The Morgan fingerprint density at radius 2 is 2.50 bits per heavy atom. The molecule has 1 aromatic heterocycles. The van der Waals surface area contributed by atoms with Crippen LogP contribution in [-0.2, 0) is 0 Å². The van der Waals surface area contributed by atoms with E-state index in [0.717, 1.165) is 18.8 Å². The van der Waals surface area contributed by atoms with Crippen molar-refractivity contribution in [3.8, 4) is 0 Å². The normalized spacial score (nSPS) is 12.5. The molecule has 0 spiro atoms. The molecule has 3 N–H and O–H groups in total. The first-order valence-electron chi connectivity index (χ1n) is 4.08. The Kier molecular flexibility index (Phi) is 3.47. The fourth-order valence-corrected chi connectivity index (χ4v) is 0.775. The van der Waals surface area contributed by atoms with Gasteiger partial charge in [0.1, 0.15) is 12.1 Å². The van der Waals surface area contributed by atoms with Gasteiger partial charge >= 0.3 is 0 Å². The molecule has 1 atom stereocenters. The Balaban J connectivity index is 2.33. The van der Waals surface area contributed by atoms with Crippen molar-refractivity contribution in [1.82, 2.24) is 9.97 Å². The number of aromatic nitrogens is 2. The molecule has 66 valence electrons. The van der Waals surface area contributed by atoms with Crippen molar-refractivity contribution in [2.45, 2.75) is 19.4 Å². The van der Waals surface area contributed by atoms with Crippen molar-refractivity contribution >= 4 is 5.82 Å². The predicted octanol–water partition coefficient (Wildman–Crippen LogP) is 0.626. The first-order chi connectivity index (χ1) is 5.83. The number of nitrogens with zero attached hydrogens (tertiary/aromatic N) is 2. The van der Waals surface area contributed by atoms with Crippen LogP contribution in [0.25, 0.3) is 0 Å². The zero-order chi connectivity index (χ0) is 8.81. The minimum atomic E-state index is 0.194. The molecule has 0 radical (unpaired) electrons. The van der Waals surface area contributed by atoms with Crippen LogP contribution < -0.4 is 11.1 Å². The van der Waals surface area contributed by atoms with Crippen molar-refractivity contribution in [3.05, 3.63) is 18.6 Å². The molecule has 4 heteroatoms. The van der Waals surface area contributed by atoms with Crippen LogP contribution in [0.5, 0.6) is 0 Å². The molecule has 1 unspecified atom stereocenters. The highest BCUT2D eigenvalue weighted by atomic mass is 15.0. The largest absolute Gasteiger partial charge is 0.368 e. The second-order valence-corrected chi connectivity index (χ2v) is 2.64. The van der Waals surface area contributed by atoms with Gasteiger partial charge in [0.2, 0.25) is 0 Å². The van der Waals surface area contributed by atoms with Crippen LogP contribution in [0.15, 0.2) is 18.6 Å². The van der Waals surface area contributed by atoms with Crippen LogP contribution >= 0.6 is 0 Å². The lowest BCUT2D eigenvalue weighted by Crippen LogP contribution is -2.28. The van der Waals surface area contributed by atoms with Crippen molar-refractivity contribution < 1.29 is 0 Å². The van der Waals surface area contributed by atoms with Crippen LogP contribution in [-0.4, -0.2) is 22.6 Å². The lowest BCUT2D eigenvalue weighted by Gasteiger charge is -2.09. The first-order valence-corrected chi connectivity index (χ1v) is 4.08. The Morgan fingerprint density at radius 3 is 3.08 bits per heavy atom. The highest BCUT2D eigenvalue weighted by Crippen LogP contribution is 1.97. The van der Waals surface area contributed by atoms with Crippen LogP contribution in [0.3, 0.4) is 0 Å². The molecule has 0 aromatic carbocycles. The van der Waals surface area contributed by atoms with Gasteiger partial charge in [0.25, 0.3) is 0 Å². The van der Waals surface area contributed by atoms with Gasteiger partial charge in [0.15, 0.2) is 0 Å². The third-order valence-corrected chi connectivity index (χ3v) is 1.65. The van der Waals surface area contributed by atoms with E-state index in [2.05, 4.69) is 22.2 Å². The summed E-state index contributed by atoms with van der Waals surface area (Å²) in [4.78, 5) is 7.82. The van der Waals surface area contributed by atoms with Gasteiger partial charge in [-0.15, -0.1) is 0 Å². The summed E-state index contributed by atoms with van der Waals surface area (Å²) in [5, 5.41) is 3.12. The number of nitrogens with two attached hydrogens (primary N) is 1. The molecular weight excluding hydrogens is 152 g/mol. The average Bonchev–Trinajstić information content (AvgIpc) is 2.16. The molecule has 0 saturated heterocycles. The Bertz CT molecular complexity index is 212. The predicted molar refractivity (Wildman–Crippen MR) is 48.8 cm³/mol. The van der Waals surface area contributed by atoms with Crippen LogP contribution in [0.1, 0.15) is 13.3 Å². The zero-order valence-electron chi connectivity index (χ0n) is 7.20. The minimum Gasteiger partial charge on any atom is -0.368 e. The third-order valence-electron chi connectivity index (χ3n) is 1.65. The van der Waals surface area contributed by atoms with Gasteiger partial charge in [-0.25, -0.2) is 9.97 Å². The number of hydrogen-bond donors (Lipinski definition) is 2. The molecule has 1 rings (SSSR count). The molecule has 0 aliphatic rings. The van der Waals surface area contributed by atoms with Gasteiger partial charge in [-0.3, -0.25) is 0 Å². The first kappa shape index (κ1) is 8.93. The molecule has 0 aliphatic carbocycles.